The molecule has 94 valence electrons. The molecule has 0 unspecified atom stereocenters. The predicted octanol–water partition coefficient (Wildman–Crippen LogP) is 3.46. The van der Waals surface area contributed by atoms with Gasteiger partial charge in [0.2, 0.25) is 0 Å². The highest BCUT2D eigenvalue weighted by Gasteiger charge is 2.15. The molecule has 0 saturated heterocycles. The Labute approximate surface area is 112 Å². The van der Waals surface area contributed by atoms with Crippen molar-refractivity contribution in [3.8, 4) is 22.5 Å². The molecular formula is C16H15N3. The van der Waals surface area contributed by atoms with Gasteiger partial charge in [-0.25, -0.2) is 4.68 Å². The number of aryl methyl sites for hydroxylation is 2. The third-order valence-corrected chi connectivity index (χ3v) is 3.27. The van der Waals surface area contributed by atoms with E-state index in [9.17, 15) is 0 Å². The van der Waals surface area contributed by atoms with E-state index in [-0.39, 0.29) is 0 Å². The molecule has 3 heteroatoms. The van der Waals surface area contributed by atoms with Crippen molar-refractivity contribution in [2.45, 2.75) is 6.92 Å². The molecule has 0 aliphatic heterocycles. The molecule has 2 aromatic carbocycles. The van der Waals surface area contributed by atoms with Crippen molar-refractivity contribution in [1.82, 2.24) is 15.0 Å². The molecule has 0 atom stereocenters. The van der Waals surface area contributed by atoms with Gasteiger partial charge >= 0.3 is 0 Å². The molecule has 0 radical (unpaired) electrons. The number of hydrogen-bond donors (Lipinski definition) is 0. The fourth-order valence-corrected chi connectivity index (χ4v) is 2.30. The van der Waals surface area contributed by atoms with E-state index < -0.39 is 0 Å². The fraction of sp³-hybridized carbons (Fsp3) is 0.125. The molecule has 19 heavy (non-hydrogen) atoms. The zero-order valence-corrected chi connectivity index (χ0v) is 11.0. The van der Waals surface area contributed by atoms with Crippen LogP contribution in [-0.2, 0) is 7.05 Å². The van der Waals surface area contributed by atoms with Crippen molar-refractivity contribution >= 4 is 0 Å². The standard InChI is InChI=1S/C16H15N3/c1-12-8-6-7-11-14(12)15-16(19(2)18-17-15)13-9-4-3-5-10-13/h3-11H,1-2H3. The second-order valence-electron chi connectivity index (χ2n) is 4.59. The number of hydrogen-bond acceptors (Lipinski definition) is 2. The summed E-state index contributed by atoms with van der Waals surface area (Å²) in [6.07, 6.45) is 0. The van der Waals surface area contributed by atoms with Crippen LogP contribution in [0.2, 0.25) is 0 Å². The molecule has 3 aromatic rings. The third-order valence-electron chi connectivity index (χ3n) is 3.27. The molecule has 0 fully saturated rings. The monoisotopic (exact) mass is 249 g/mol. The van der Waals surface area contributed by atoms with E-state index in [0.29, 0.717) is 0 Å². The van der Waals surface area contributed by atoms with E-state index in [1.807, 2.05) is 42.1 Å². The Morgan fingerprint density at radius 3 is 2.32 bits per heavy atom. The Kier molecular flexibility index (Phi) is 2.88. The van der Waals surface area contributed by atoms with Crippen LogP contribution < -0.4 is 0 Å². The van der Waals surface area contributed by atoms with E-state index >= 15 is 0 Å². The van der Waals surface area contributed by atoms with Crippen molar-refractivity contribution in [3.63, 3.8) is 0 Å². The van der Waals surface area contributed by atoms with Crippen LogP contribution >= 0.6 is 0 Å². The highest BCUT2D eigenvalue weighted by molar-refractivity contribution is 5.79. The van der Waals surface area contributed by atoms with E-state index in [0.717, 1.165) is 22.5 Å². The van der Waals surface area contributed by atoms with Crippen LogP contribution in [0.3, 0.4) is 0 Å². The number of rotatable bonds is 2. The van der Waals surface area contributed by atoms with Crippen molar-refractivity contribution in [1.29, 1.82) is 0 Å². The van der Waals surface area contributed by atoms with E-state index in [1.54, 1.807) is 0 Å². The molecule has 3 rings (SSSR count). The molecule has 1 aromatic heterocycles. The van der Waals surface area contributed by atoms with Gasteiger partial charge in [0.15, 0.2) is 0 Å². The van der Waals surface area contributed by atoms with Crippen LogP contribution in [0.1, 0.15) is 5.56 Å². The van der Waals surface area contributed by atoms with Crippen LogP contribution in [0.25, 0.3) is 22.5 Å². The van der Waals surface area contributed by atoms with Gasteiger partial charge in [-0.3, -0.25) is 0 Å². The van der Waals surface area contributed by atoms with Crippen LogP contribution in [0.15, 0.2) is 54.6 Å². The Bertz CT molecular complexity index is 699. The highest BCUT2D eigenvalue weighted by atomic mass is 15.4. The van der Waals surface area contributed by atoms with Crippen LogP contribution in [0.4, 0.5) is 0 Å². The Balaban J connectivity index is 2.23. The number of aromatic nitrogens is 3. The lowest BCUT2D eigenvalue weighted by Gasteiger charge is -2.06. The van der Waals surface area contributed by atoms with Crippen molar-refractivity contribution in [2.24, 2.45) is 7.05 Å². The Hall–Kier alpha value is -2.42. The molecule has 0 aliphatic carbocycles. The average Bonchev–Trinajstić information content (AvgIpc) is 2.82. The Morgan fingerprint density at radius 1 is 0.895 bits per heavy atom. The maximum absolute atomic E-state index is 4.34. The summed E-state index contributed by atoms with van der Waals surface area (Å²) in [5.74, 6) is 0. The summed E-state index contributed by atoms with van der Waals surface area (Å²) in [6.45, 7) is 2.10. The first-order chi connectivity index (χ1) is 9.27. The van der Waals surface area contributed by atoms with Crippen LogP contribution in [0.5, 0.6) is 0 Å². The smallest absolute Gasteiger partial charge is 0.121 e. The second kappa shape index (κ2) is 4.69. The van der Waals surface area contributed by atoms with E-state index in [1.165, 1.54) is 5.56 Å². The third kappa shape index (κ3) is 2.03. The fourth-order valence-electron chi connectivity index (χ4n) is 2.30. The maximum atomic E-state index is 4.34. The summed E-state index contributed by atoms with van der Waals surface area (Å²) in [6, 6.07) is 18.5. The molecule has 0 N–H and O–H groups in total. The molecule has 0 aliphatic rings. The van der Waals surface area contributed by atoms with Gasteiger partial charge < -0.3 is 0 Å². The van der Waals surface area contributed by atoms with Crippen molar-refractivity contribution in [2.75, 3.05) is 0 Å². The summed E-state index contributed by atoms with van der Waals surface area (Å²) < 4.78 is 1.83. The number of nitrogens with zero attached hydrogens (tertiary/aromatic N) is 3. The Morgan fingerprint density at radius 2 is 1.58 bits per heavy atom. The first-order valence-corrected chi connectivity index (χ1v) is 6.28. The van der Waals surface area contributed by atoms with Crippen molar-refractivity contribution < 1.29 is 0 Å². The minimum Gasteiger partial charge on any atom is -0.247 e. The molecular weight excluding hydrogens is 234 g/mol. The SMILES string of the molecule is Cc1ccccc1-c1nnn(C)c1-c1ccccc1. The second-order valence-corrected chi connectivity index (χ2v) is 4.59. The number of benzene rings is 2. The van der Waals surface area contributed by atoms with Crippen LogP contribution in [0, 0.1) is 6.92 Å². The normalized spacial score (nSPS) is 10.6. The van der Waals surface area contributed by atoms with Gasteiger partial charge in [-0.05, 0) is 12.5 Å². The van der Waals surface area contributed by atoms with Gasteiger partial charge in [0.25, 0.3) is 0 Å². The molecule has 0 spiro atoms. The average molecular weight is 249 g/mol. The molecule has 3 nitrogen and oxygen atoms in total. The summed E-state index contributed by atoms with van der Waals surface area (Å²) in [5.41, 5.74) is 5.46. The van der Waals surface area contributed by atoms with Crippen molar-refractivity contribution in [3.05, 3.63) is 60.2 Å². The first kappa shape index (κ1) is 11.7. The predicted molar refractivity (Wildman–Crippen MR) is 76.6 cm³/mol. The van der Waals surface area contributed by atoms with Gasteiger partial charge in [0, 0.05) is 18.2 Å². The highest BCUT2D eigenvalue weighted by Crippen LogP contribution is 2.31. The molecule has 1 heterocycles. The van der Waals surface area contributed by atoms with Gasteiger partial charge in [-0.1, -0.05) is 59.8 Å². The first-order valence-electron chi connectivity index (χ1n) is 6.28. The summed E-state index contributed by atoms with van der Waals surface area (Å²) in [4.78, 5) is 0. The molecule has 0 bridgehead atoms. The van der Waals surface area contributed by atoms with Gasteiger partial charge in [0.1, 0.15) is 5.69 Å². The van der Waals surface area contributed by atoms with Gasteiger partial charge in [-0.2, -0.15) is 0 Å². The van der Waals surface area contributed by atoms with Gasteiger partial charge in [0.05, 0.1) is 5.69 Å². The molecule has 0 amide bonds. The topological polar surface area (TPSA) is 30.7 Å². The summed E-state index contributed by atoms with van der Waals surface area (Å²) in [7, 11) is 1.93. The molecule has 0 saturated carbocycles. The van der Waals surface area contributed by atoms with Gasteiger partial charge in [-0.15, -0.1) is 5.10 Å². The summed E-state index contributed by atoms with van der Waals surface area (Å²) in [5, 5.41) is 8.51. The minimum absolute atomic E-state index is 0.937. The van der Waals surface area contributed by atoms with E-state index in [4.69, 9.17) is 0 Å². The van der Waals surface area contributed by atoms with Crippen LogP contribution in [-0.4, -0.2) is 15.0 Å². The van der Waals surface area contributed by atoms with E-state index in [2.05, 4.69) is 41.5 Å². The largest absolute Gasteiger partial charge is 0.247 e. The zero-order chi connectivity index (χ0) is 13.2. The maximum Gasteiger partial charge on any atom is 0.121 e. The zero-order valence-electron chi connectivity index (χ0n) is 11.0. The lowest BCUT2D eigenvalue weighted by atomic mass is 10.0. The lowest BCUT2D eigenvalue weighted by Crippen LogP contribution is -1.94. The summed E-state index contributed by atoms with van der Waals surface area (Å²) >= 11 is 0. The lowest BCUT2D eigenvalue weighted by molar-refractivity contribution is 0.721. The minimum atomic E-state index is 0.937. The quantitative estimate of drug-likeness (QED) is 0.696.